The molecule has 0 aliphatic carbocycles. The lowest BCUT2D eigenvalue weighted by molar-refractivity contribution is 0.273. The van der Waals surface area contributed by atoms with Crippen LogP contribution in [0.25, 0.3) is 11.3 Å². The molecular weight excluding hydrogens is 579 g/mol. The third-order valence-corrected chi connectivity index (χ3v) is 10.6. The average molecular weight is 614 g/mol. The van der Waals surface area contributed by atoms with Crippen molar-refractivity contribution in [3.63, 3.8) is 0 Å². The maximum Gasteiger partial charge on any atom is 0.243 e. The van der Waals surface area contributed by atoms with E-state index in [1.807, 2.05) is 61.5 Å². The van der Waals surface area contributed by atoms with E-state index in [1.165, 1.54) is 16.9 Å². The van der Waals surface area contributed by atoms with Gasteiger partial charge < -0.3 is 13.7 Å². The lowest BCUT2D eigenvalue weighted by Crippen LogP contribution is -2.38. The van der Waals surface area contributed by atoms with Crippen LogP contribution in [0.2, 0.25) is 0 Å². The number of hydrogen-bond donors (Lipinski definition) is 0. The van der Waals surface area contributed by atoms with E-state index in [9.17, 15) is 8.42 Å². The zero-order valence-corrected chi connectivity index (χ0v) is 25.8. The Kier molecular flexibility index (Phi) is 8.92. The van der Waals surface area contributed by atoms with Crippen LogP contribution in [0.5, 0.6) is 5.75 Å². The van der Waals surface area contributed by atoms with Gasteiger partial charge in [-0.05, 0) is 91.8 Å². The predicted octanol–water partition coefficient (Wildman–Crippen LogP) is 7.13. The van der Waals surface area contributed by atoms with Crippen molar-refractivity contribution in [2.45, 2.75) is 37.6 Å². The molecule has 1 saturated heterocycles. The summed E-state index contributed by atoms with van der Waals surface area (Å²) in [6.07, 6.45) is 4.40. The second-order valence-corrected chi connectivity index (χ2v) is 13.4. The Bertz CT molecular complexity index is 1780. The lowest BCUT2D eigenvalue weighted by Gasteiger charge is -2.31. The standard InChI is InChI=1S/C34H35N3O4S2/c1-2-40-30-14-12-29(13-15-30)35-34-37(24-31-9-6-22-41-31)33(25-42-34)28-10-16-32(17-11-28)43(38,39)36-20-18-27(19-21-36)23-26-7-4-3-5-8-26/h3-17,22,25,27H,2,18-21,23-24H2,1H3. The topological polar surface area (TPSA) is 77.0 Å². The van der Waals surface area contributed by atoms with Gasteiger partial charge in [0.25, 0.3) is 0 Å². The molecule has 7 nitrogen and oxygen atoms in total. The van der Waals surface area contributed by atoms with Crippen molar-refractivity contribution >= 4 is 27.0 Å². The minimum Gasteiger partial charge on any atom is -0.494 e. The van der Waals surface area contributed by atoms with Gasteiger partial charge in [0, 0.05) is 18.5 Å². The highest BCUT2D eigenvalue weighted by Crippen LogP contribution is 2.29. The monoisotopic (exact) mass is 613 g/mol. The molecule has 1 aliphatic heterocycles. The van der Waals surface area contributed by atoms with Crippen molar-refractivity contribution in [1.82, 2.24) is 8.87 Å². The molecule has 222 valence electrons. The van der Waals surface area contributed by atoms with Crippen LogP contribution in [0, 0.1) is 5.92 Å². The van der Waals surface area contributed by atoms with Crippen LogP contribution in [0.4, 0.5) is 5.69 Å². The molecule has 43 heavy (non-hydrogen) atoms. The van der Waals surface area contributed by atoms with E-state index < -0.39 is 10.0 Å². The maximum atomic E-state index is 13.5. The third kappa shape index (κ3) is 6.85. The molecule has 0 amide bonds. The Hall–Kier alpha value is -3.92. The molecule has 3 aromatic carbocycles. The number of sulfonamides is 1. The van der Waals surface area contributed by atoms with Crippen molar-refractivity contribution in [3.8, 4) is 17.0 Å². The molecule has 3 heterocycles. The number of rotatable bonds is 10. The van der Waals surface area contributed by atoms with Gasteiger partial charge in [-0.2, -0.15) is 4.31 Å². The molecule has 6 rings (SSSR count). The molecule has 0 saturated carbocycles. The largest absolute Gasteiger partial charge is 0.494 e. The minimum absolute atomic E-state index is 0.324. The zero-order chi connectivity index (χ0) is 29.6. The molecule has 0 bridgehead atoms. The average Bonchev–Trinajstić information content (AvgIpc) is 3.70. The van der Waals surface area contributed by atoms with E-state index in [0.717, 1.165) is 52.5 Å². The van der Waals surface area contributed by atoms with Crippen LogP contribution >= 0.6 is 11.3 Å². The first-order valence-corrected chi connectivity index (χ1v) is 16.9. The van der Waals surface area contributed by atoms with Crippen LogP contribution in [-0.2, 0) is 23.0 Å². The van der Waals surface area contributed by atoms with Crippen LogP contribution in [0.1, 0.15) is 31.1 Å². The highest BCUT2D eigenvalue weighted by molar-refractivity contribution is 7.89. The quantitative estimate of drug-likeness (QED) is 0.168. The second kappa shape index (κ2) is 13.2. The molecular formula is C34H35N3O4S2. The fraction of sp³-hybridized carbons (Fsp3) is 0.265. The van der Waals surface area contributed by atoms with Crippen molar-refractivity contribution in [2.24, 2.45) is 10.9 Å². The number of thiazole rings is 1. The van der Waals surface area contributed by atoms with Crippen molar-refractivity contribution < 1.29 is 17.6 Å². The van der Waals surface area contributed by atoms with E-state index in [2.05, 4.69) is 34.2 Å². The van der Waals surface area contributed by atoms with Gasteiger partial charge in [-0.1, -0.05) is 42.5 Å². The Morgan fingerprint density at radius 2 is 1.67 bits per heavy atom. The van der Waals surface area contributed by atoms with Gasteiger partial charge in [0.05, 0.1) is 35.7 Å². The van der Waals surface area contributed by atoms with E-state index in [0.29, 0.717) is 37.1 Å². The van der Waals surface area contributed by atoms with Crippen LogP contribution < -0.4 is 9.54 Å². The van der Waals surface area contributed by atoms with Gasteiger partial charge in [0.2, 0.25) is 10.0 Å². The van der Waals surface area contributed by atoms with Crippen molar-refractivity contribution in [1.29, 1.82) is 0 Å². The summed E-state index contributed by atoms with van der Waals surface area (Å²) in [7, 11) is -3.57. The molecule has 1 fully saturated rings. The number of furan rings is 1. The minimum atomic E-state index is -3.57. The Labute approximate surface area is 256 Å². The summed E-state index contributed by atoms with van der Waals surface area (Å²) < 4.78 is 42.0. The number of piperidine rings is 1. The Balaban J connectivity index is 1.21. The van der Waals surface area contributed by atoms with Gasteiger partial charge in [-0.15, -0.1) is 11.3 Å². The number of benzene rings is 3. The number of ether oxygens (including phenoxy) is 1. The first kappa shape index (κ1) is 29.2. The summed E-state index contributed by atoms with van der Waals surface area (Å²) in [6.45, 7) is 4.17. The fourth-order valence-corrected chi connectivity index (χ4v) is 7.90. The van der Waals surface area contributed by atoms with Gasteiger partial charge in [0.15, 0.2) is 4.80 Å². The van der Waals surface area contributed by atoms with Crippen molar-refractivity contribution in [3.05, 3.63) is 119 Å². The van der Waals surface area contributed by atoms with Gasteiger partial charge in [0.1, 0.15) is 11.5 Å². The molecule has 0 spiro atoms. The summed E-state index contributed by atoms with van der Waals surface area (Å²) in [6, 6.07) is 29.2. The molecule has 2 aromatic heterocycles. The number of aromatic nitrogens is 1. The van der Waals surface area contributed by atoms with E-state index in [1.54, 1.807) is 22.7 Å². The molecule has 0 N–H and O–H groups in total. The maximum absolute atomic E-state index is 13.5. The Morgan fingerprint density at radius 1 is 0.930 bits per heavy atom. The summed E-state index contributed by atoms with van der Waals surface area (Å²) in [5.74, 6) is 2.12. The molecule has 0 radical (unpaired) electrons. The molecule has 0 unspecified atom stereocenters. The number of hydrogen-bond acceptors (Lipinski definition) is 6. The highest BCUT2D eigenvalue weighted by Gasteiger charge is 2.29. The predicted molar refractivity (Wildman–Crippen MR) is 170 cm³/mol. The van der Waals surface area contributed by atoms with Crippen LogP contribution in [0.15, 0.2) is 117 Å². The molecule has 5 aromatic rings. The van der Waals surface area contributed by atoms with Gasteiger partial charge in [-0.3, -0.25) is 0 Å². The normalized spacial score (nSPS) is 15.1. The van der Waals surface area contributed by atoms with Crippen LogP contribution in [-0.4, -0.2) is 37.0 Å². The smallest absolute Gasteiger partial charge is 0.243 e. The van der Waals surface area contributed by atoms with Crippen LogP contribution in [0.3, 0.4) is 0 Å². The van der Waals surface area contributed by atoms with Crippen molar-refractivity contribution in [2.75, 3.05) is 19.7 Å². The summed E-state index contributed by atoms with van der Waals surface area (Å²) >= 11 is 1.53. The fourth-order valence-electron chi connectivity index (χ4n) is 5.50. The third-order valence-electron chi connectivity index (χ3n) is 7.79. The Morgan fingerprint density at radius 3 is 2.35 bits per heavy atom. The first-order chi connectivity index (χ1) is 21.0. The van der Waals surface area contributed by atoms with E-state index in [4.69, 9.17) is 14.1 Å². The summed E-state index contributed by atoms with van der Waals surface area (Å²) in [5.41, 5.74) is 3.99. The second-order valence-electron chi connectivity index (χ2n) is 10.7. The molecule has 0 atom stereocenters. The zero-order valence-electron chi connectivity index (χ0n) is 24.1. The SMILES string of the molecule is CCOc1ccc(N=c2scc(-c3ccc(S(=O)(=O)N4CCC(Cc5ccccc5)CC4)cc3)n2Cc2ccco2)cc1. The lowest BCUT2D eigenvalue weighted by atomic mass is 9.91. The van der Waals surface area contributed by atoms with E-state index in [-0.39, 0.29) is 0 Å². The van der Waals surface area contributed by atoms with E-state index >= 15 is 0 Å². The summed E-state index contributed by atoms with van der Waals surface area (Å²) in [4.78, 5) is 6.04. The van der Waals surface area contributed by atoms with Gasteiger partial charge >= 0.3 is 0 Å². The molecule has 1 aliphatic rings. The number of nitrogens with zero attached hydrogens (tertiary/aromatic N) is 3. The summed E-state index contributed by atoms with van der Waals surface area (Å²) in [5, 5.41) is 2.05. The highest BCUT2D eigenvalue weighted by atomic mass is 32.2. The first-order valence-electron chi connectivity index (χ1n) is 14.6. The molecule has 9 heteroatoms. The van der Waals surface area contributed by atoms with Gasteiger partial charge in [-0.25, -0.2) is 13.4 Å².